The molecule has 0 aliphatic rings. The van der Waals surface area contributed by atoms with Gasteiger partial charge in [-0.1, -0.05) is 32.0 Å². The Hall–Kier alpha value is -1.51. The number of benzene rings is 1. The average Bonchev–Trinajstić information content (AvgIpc) is 2.30. The van der Waals surface area contributed by atoms with Crippen LogP contribution >= 0.6 is 0 Å². The highest BCUT2D eigenvalue weighted by Gasteiger charge is 2.13. The maximum atomic E-state index is 11.8. The molecule has 0 unspecified atom stereocenters. The maximum Gasteiger partial charge on any atom is 0.415 e. The van der Waals surface area contributed by atoms with Gasteiger partial charge in [-0.25, -0.2) is 4.79 Å². The second-order valence-corrected chi connectivity index (χ2v) is 3.67. The fourth-order valence-corrected chi connectivity index (χ4v) is 1.49. The van der Waals surface area contributed by atoms with E-state index in [0.717, 1.165) is 25.9 Å². The number of nitrogens with zero attached hydrogens (tertiary/aromatic N) is 1. The number of para-hydroxylation sites is 1. The molecular weight excluding hydrogens is 202 g/mol. The number of rotatable bonds is 5. The predicted molar refractivity (Wildman–Crippen MR) is 64.6 cm³/mol. The Kier molecular flexibility index (Phi) is 5.40. The van der Waals surface area contributed by atoms with Gasteiger partial charge in [0.15, 0.2) is 0 Å². The van der Waals surface area contributed by atoms with Crippen molar-refractivity contribution in [2.75, 3.05) is 13.1 Å². The van der Waals surface area contributed by atoms with Gasteiger partial charge < -0.3 is 9.64 Å². The van der Waals surface area contributed by atoms with Gasteiger partial charge in [-0.3, -0.25) is 0 Å². The lowest BCUT2D eigenvalue weighted by Gasteiger charge is -2.20. The molecule has 1 aromatic carbocycles. The fourth-order valence-electron chi connectivity index (χ4n) is 1.49. The predicted octanol–water partition coefficient (Wildman–Crippen LogP) is 3.31. The van der Waals surface area contributed by atoms with Crippen LogP contribution in [0.4, 0.5) is 4.79 Å². The fraction of sp³-hybridized carbons (Fsp3) is 0.462. The molecule has 0 N–H and O–H groups in total. The van der Waals surface area contributed by atoms with E-state index in [-0.39, 0.29) is 6.09 Å². The summed E-state index contributed by atoms with van der Waals surface area (Å²) in [5.41, 5.74) is 0. The molecule has 0 saturated carbocycles. The van der Waals surface area contributed by atoms with Crippen LogP contribution in [0.25, 0.3) is 0 Å². The van der Waals surface area contributed by atoms with Crippen molar-refractivity contribution in [1.82, 2.24) is 4.90 Å². The second-order valence-electron chi connectivity index (χ2n) is 3.67. The molecule has 1 rings (SSSR count). The average molecular weight is 221 g/mol. The number of carbonyl (C=O) groups excluding carboxylic acids is 1. The Balaban J connectivity index is 2.55. The van der Waals surface area contributed by atoms with Crippen LogP contribution in [0.3, 0.4) is 0 Å². The standard InChI is InChI=1S/C13H19NO2/c1-3-10-14(11-4-2)13(15)16-12-8-6-5-7-9-12/h5-9H,3-4,10-11H2,1-2H3. The Labute approximate surface area is 97.0 Å². The third-order valence-electron chi connectivity index (χ3n) is 2.19. The molecule has 16 heavy (non-hydrogen) atoms. The molecule has 0 aliphatic carbocycles. The van der Waals surface area contributed by atoms with Crippen LogP contribution in [0.2, 0.25) is 0 Å². The minimum absolute atomic E-state index is 0.255. The SMILES string of the molecule is CCCN(CCC)C(=O)Oc1ccccc1. The third kappa shape index (κ3) is 3.93. The van der Waals surface area contributed by atoms with Gasteiger partial charge in [-0.15, -0.1) is 0 Å². The molecule has 88 valence electrons. The van der Waals surface area contributed by atoms with Gasteiger partial charge in [0.2, 0.25) is 0 Å². The van der Waals surface area contributed by atoms with Crippen LogP contribution in [0.1, 0.15) is 26.7 Å². The molecular formula is C13H19NO2. The smallest absolute Gasteiger partial charge is 0.410 e. The zero-order chi connectivity index (χ0) is 11.8. The van der Waals surface area contributed by atoms with Gasteiger partial charge in [-0.2, -0.15) is 0 Å². The highest BCUT2D eigenvalue weighted by molar-refractivity contribution is 5.70. The van der Waals surface area contributed by atoms with E-state index >= 15 is 0 Å². The molecule has 0 bridgehead atoms. The molecule has 1 aromatic rings. The van der Waals surface area contributed by atoms with Crippen molar-refractivity contribution in [2.24, 2.45) is 0 Å². The summed E-state index contributed by atoms with van der Waals surface area (Å²) < 4.78 is 5.27. The van der Waals surface area contributed by atoms with Crippen molar-refractivity contribution in [3.05, 3.63) is 30.3 Å². The second kappa shape index (κ2) is 6.88. The Morgan fingerprint density at radius 2 is 1.69 bits per heavy atom. The van der Waals surface area contributed by atoms with E-state index in [2.05, 4.69) is 13.8 Å². The monoisotopic (exact) mass is 221 g/mol. The Morgan fingerprint density at radius 1 is 1.12 bits per heavy atom. The van der Waals surface area contributed by atoms with Crippen molar-refractivity contribution in [2.45, 2.75) is 26.7 Å². The Bertz CT molecular complexity index is 305. The van der Waals surface area contributed by atoms with Crippen LogP contribution in [-0.2, 0) is 0 Å². The van der Waals surface area contributed by atoms with Gasteiger partial charge >= 0.3 is 6.09 Å². The van der Waals surface area contributed by atoms with E-state index in [1.165, 1.54) is 0 Å². The third-order valence-corrected chi connectivity index (χ3v) is 2.19. The van der Waals surface area contributed by atoms with Crippen LogP contribution in [-0.4, -0.2) is 24.1 Å². The van der Waals surface area contributed by atoms with Crippen molar-refractivity contribution in [3.8, 4) is 5.75 Å². The summed E-state index contributed by atoms with van der Waals surface area (Å²) in [5.74, 6) is 0.602. The summed E-state index contributed by atoms with van der Waals surface area (Å²) in [4.78, 5) is 13.5. The number of hydrogen-bond acceptors (Lipinski definition) is 2. The van der Waals surface area contributed by atoms with Gasteiger partial charge in [0.1, 0.15) is 5.75 Å². The summed E-state index contributed by atoms with van der Waals surface area (Å²) in [6.07, 6.45) is 1.64. The zero-order valence-electron chi connectivity index (χ0n) is 9.98. The molecule has 0 aromatic heterocycles. The summed E-state index contributed by atoms with van der Waals surface area (Å²) in [7, 11) is 0. The van der Waals surface area contributed by atoms with Crippen molar-refractivity contribution >= 4 is 6.09 Å². The molecule has 0 radical (unpaired) electrons. The first kappa shape index (κ1) is 12.6. The van der Waals surface area contributed by atoms with E-state index in [4.69, 9.17) is 4.74 Å². The van der Waals surface area contributed by atoms with Crippen LogP contribution in [0.15, 0.2) is 30.3 Å². The topological polar surface area (TPSA) is 29.5 Å². The molecule has 0 aliphatic heterocycles. The molecule has 0 fully saturated rings. The van der Waals surface area contributed by atoms with Gasteiger partial charge in [0, 0.05) is 13.1 Å². The summed E-state index contributed by atoms with van der Waals surface area (Å²) >= 11 is 0. The van der Waals surface area contributed by atoms with E-state index < -0.39 is 0 Å². The minimum Gasteiger partial charge on any atom is -0.410 e. The lowest BCUT2D eigenvalue weighted by Crippen LogP contribution is -2.34. The number of ether oxygens (including phenoxy) is 1. The van der Waals surface area contributed by atoms with E-state index in [1.807, 2.05) is 18.2 Å². The van der Waals surface area contributed by atoms with Gasteiger partial charge in [0.25, 0.3) is 0 Å². The molecule has 0 heterocycles. The Morgan fingerprint density at radius 3 is 2.19 bits per heavy atom. The van der Waals surface area contributed by atoms with Crippen molar-refractivity contribution in [3.63, 3.8) is 0 Å². The normalized spacial score (nSPS) is 9.88. The van der Waals surface area contributed by atoms with Crippen LogP contribution in [0.5, 0.6) is 5.75 Å². The molecule has 1 amide bonds. The molecule has 3 heteroatoms. The largest absolute Gasteiger partial charge is 0.415 e. The van der Waals surface area contributed by atoms with Crippen LogP contribution in [0, 0.1) is 0 Å². The molecule has 0 atom stereocenters. The van der Waals surface area contributed by atoms with Gasteiger partial charge in [-0.05, 0) is 25.0 Å². The maximum absolute atomic E-state index is 11.8. The minimum atomic E-state index is -0.255. The van der Waals surface area contributed by atoms with Gasteiger partial charge in [0.05, 0.1) is 0 Å². The number of carbonyl (C=O) groups is 1. The molecule has 0 saturated heterocycles. The summed E-state index contributed by atoms with van der Waals surface area (Å²) in [6.45, 7) is 5.61. The number of hydrogen-bond donors (Lipinski definition) is 0. The molecule has 3 nitrogen and oxygen atoms in total. The first-order valence-electron chi connectivity index (χ1n) is 5.79. The van der Waals surface area contributed by atoms with Crippen molar-refractivity contribution in [1.29, 1.82) is 0 Å². The summed E-state index contributed by atoms with van der Waals surface area (Å²) in [5, 5.41) is 0. The van der Waals surface area contributed by atoms with E-state index in [0.29, 0.717) is 5.75 Å². The lowest BCUT2D eigenvalue weighted by atomic mass is 10.3. The van der Waals surface area contributed by atoms with Crippen LogP contribution < -0.4 is 4.74 Å². The van der Waals surface area contributed by atoms with E-state index in [1.54, 1.807) is 17.0 Å². The van der Waals surface area contributed by atoms with E-state index in [9.17, 15) is 4.79 Å². The zero-order valence-corrected chi connectivity index (χ0v) is 9.98. The highest BCUT2D eigenvalue weighted by atomic mass is 16.6. The number of amides is 1. The first-order valence-corrected chi connectivity index (χ1v) is 5.79. The first-order chi connectivity index (χ1) is 7.77. The highest BCUT2D eigenvalue weighted by Crippen LogP contribution is 2.10. The quantitative estimate of drug-likeness (QED) is 0.763. The molecule has 0 spiro atoms. The summed E-state index contributed by atoms with van der Waals surface area (Å²) in [6, 6.07) is 9.17. The lowest BCUT2D eigenvalue weighted by molar-refractivity contribution is 0.152. The van der Waals surface area contributed by atoms with Crippen molar-refractivity contribution < 1.29 is 9.53 Å².